The molecule has 1 N–H and O–H groups in total. The van der Waals surface area contributed by atoms with E-state index in [-0.39, 0.29) is 18.0 Å². The average Bonchev–Trinajstić information content (AvgIpc) is 2.36. The van der Waals surface area contributed by atoms with E-state index >= 15 is 0 Å². The quantitative estimate of drug-likeness (QED) is 0.880. The topological polar surface area (TPSA) is 41.6 Å². The van der Waals surface area contributed by atoms with Gasteiger partial charge in [0.1, 0.15) is 11.4 Å². The fraction of sp³-hybridized carbons (Fsp3) is 0.562. The summed E-state index contributed by atoms with van der Waals surface area (Å²) in [6.45, 7) is 6.80. The SMILES string of the molecule is CC(C)(C)OC(=O)N1CCC(Nc2cc(F)cc(Cl)c2)CC1. The summed E-state index contributed by atoms with van der Waals surface area (Å²) in [5.41, 5.74) is 0.186. The van der Waals surface area contributed by atoms with E-state index in [9.17, 15) is 9.18 Å². The van der Waals surface area contributed by atoms with Crippen LogP contribution in [0.1, 0.15) is 33.6 Å². The van der Waals surface area contributed by atoms with Gasteiger partial charge in [-0.15, -0.1) is 0 Å². The number of piperidine rings is 1. The molecule has 122 valence electrons. The number of nitrogens with one attached hydrogen (secondary N) is 1. The van der Waals surface area contributed by atoms with Gasteiger partial charge in [0.05, 0.1) is 0 Å². The number of likely N-dealkylation sites (tertiary alicyclic amines) is 1. The number of ether oxygens (including phenoxy) is 1. The molecule has 1 saturated heterocycles. The van der Waals surface area contributed by atoms with E-state index < -0.39 is 5.60 Å². The van der Waals surface area contributed by atoms with Gasteiger partial charge in [-0.25, -0.2) is 9.18 Å². The Bertz CT molecular complexity index is 517. The molecule has 0 saturated carbocycles. The minimum absolute atomic E-state index is 0.191. The van der Waals surface area contributed by atoms with Gasteiger partial charge < -0.3 is 15.0 Å². The second kappa shape index (κ2) is 6.73. The molecule has 1 amide bonds. The third kappa shape index (κ3) is 5.05. The molecule has 1 aliphatic heterocycles. The van der Waals surface area contributed by atoms with Crippen LogP contribution in [0.5, 0.6) is 0 Å². The first-order valence-electron chi connectivity index (χ1n) is 7.43. The molecule has 0 atom stereocenters. The van der Waals surface area contributed by atoms with Crippen molar-refractivity contribution in [1.82, 2.24) is 4.90 Å². The van der Waals surface area contributed by atoms with Crippen molar-refractivity contribution in [1.29, 1.82) is 0 Å². The summed E-state index contributed by atoms with van der Waals surface area (Å²) in [7, 11) is 0. The standard InChI is InChI=1S/C16H22ClFN2O2/c1-16(2,3)22-15(21)20-6-4-13(5-7-20)19-14-9-11(17)8-12(18)10-14/h8-10,13,19H,4-7H2,1-3H3. The summed E-state index contributed by atoms with van der Waals surface area (Å²) in [5, 5.41) is 3.64. The molecule has 2 rings (SSSR count). The lowest BCUT2D eigenvalue weighted by Gasteiger charge is -2.34. The van der Waals surface area contributed by atoms with Gasteiger partial charge in [0.2, 0.25) is 0 Å². The van der Waals surface area contributed by atoms with E-state index in [1.165, 1.54) is 12.1 Å². The lowest BCUT2D eigenvalue weighted by molar-refractivity contribution is 0.0210. The van der Waals surface area contributed by atoms with Gasteiger partial charge in [0, 0.05) is 29.8 Å². The fourth-order valence-corrected chi connectivity index (χ4v) is 2.63. The van der Waals surface area contributed by atoms with E-state index in [0.717, 1.165) is 12.8 Å². The first-order chi connectivity index (χ1) is 10.2. The van der Waals surface area contributed by atoms with Crippen LogP contribution in [-0.4, -0.2) is 35.7 Å². The van der Waals surface area contributed by atoms with Crippen molar-refractivity contribution in [3.05, 3.63) is 29.0 Å². The summed E-state index contributed by atoms with van der Waals surface area (Å²) in [5.74, 6) is -0.360. The van der Waals surface area contributed by atoms with Crippen LogP contribution < -0.4 is 5.32 Å². The van der Waals surface area contributed by atoms with Crippen molar-refractivity contribution in [2.45, 2.75) is 45.3 Å². The number of halogens is 2. The molecule has 0 bridgehead atoms. The van der Waals surface area contributed by atoms with Crippen LogP contribution in [-0.2, 0) is 4.74 Å². The van der Waals surface area contributed by atoms with E-state index in [0.29, 0.717) is 23.8 Å². The van der Waals surface area contributed by atoms with E-state index in [4.69, 9.17) is 16.3 Å². The van der Waals surface area contributed by atoms with Crippen molar-refractivity contribution >= 4 is 23.4 Å². The first-order valence-corrected chi connectivity index (χ1v) is 7.81. The minimum atomic E-state index is -0.482. The fourth-order valence-electron chi connectivity index (χ4n) is 2.41. The number of benzene rings is 1. The highest BCUT2D eigenvalue weighted by molar-refractivity contribution is 6.30. The Kier molecular flexibility index (Phi) is 5.16. The monoisotopic (exact) mass is 328 g/mol. The highest BCUT2D eigenvalue weighted by Gasteiger charge is 2.26. The predicted molar refractivity (Wildman–Crippen MR) is 85.9 cm³/mol. The molecule has 1 aromatic rings. The van der Waals surface area contributed by atoms with Gasteiger partial charge >= 0.3 is 6.09 Å². The Hall–Kier alpha value is -1.49. The molecular formula is C16H22ClFN2O2. The number of rotatable bonds is 2. The van der Waals surface area contributed by atoms with Crippen LogP contribution in [0, 0.1) is 5.82 Å². The van der Waals surface area contributed by atoms with Crippen LogP contribution >= 0.6 is 11.6 Å². The third-order valence-electron chi connectivity index (χ3n) is 3.38. The number of hydrogen-bond donors (Lipinski definition) is 1. The van der Waals surface area contributed by atoms with Gasteiger partial charge in [-0.05, 0) is 51.8 Å². The zero-order valence-corrected chi connectivity index (χ0v) is 13.9. The zero-order chi connectivity index (χ0) is 16.3. The maximum absolute atomic E-state index is 13.3. The number of nitrogens with zero attached hydrogens (tertiary/aromatic N) is 1. The van der Waals surface area contributed by atoms with E-state index in [2.05, 4.69) is 5.32 Å². The van der Waals surface area contributed by atoms with Crippen LogP contribution in [0.3, 0.4) is 0 Å². The Morgan fingerprint density at radius 1 is 1.32 bits per heavy atom. The van der Waals surface area contributed by atoms with Crippen LogP contribution in [0.15, 0.2) is 18.2 Å². The van der Waals surface area contributed by atoms with Crippen molar-refractivity contribution in [3.63, 3.8) is 0 Å². The lowest BCUT2D eigenvalue weighted by atomic mass is 10.0. The average molecular weight is 329 g/mol. The molecule has 6 heteroatoms. The van der Waals surface area contributed by atoms with Crippen LogP contribution in [0.2, 0.25) is 5.02 Å². The van der Waals surface area contributed by atoms with Crippen LogP contribution in [0.25, 0.3) is 0 Å². The molecular weight excluding hydrogens is 307 g/mol. The van der Waals surface area contributed by atoms with Gasteiger partial charge in [-0.2, -0.15) is 0 Å². The molecule has 0 aliphatic carbocycles. The van der Waals surface area contributed by atoms with Crippen LogP contribution in [0.4, 0.5) is 14.9 Å². The number of anilines is 1. The van der Waals surface area contributed by atoms with Crippen molar-refractivity contribution < 1.29 is 13.9 Å². The highest BCUT2D eigenvalue weighted by Crippen LogP contribution is 2.22. The van der Waals surface area contributed by atoms with E-state index in [1.807, 2.05) is 20.8 Å². The predicted octanol–water partition coefficient (Wildman–Crippen LogP) is 4.29. The Morgan fingerprint density at radius 2 is 1.95 bits per heavy atom. The maximum Gasteiger partial charge on any atom is 0.410 e. The van der Waals surface area contributed by atoms with Gasteiger partial charge in [-0.1, -0.05) is 11.6 Å². The molecule has 1 aliphatic rings. The Balaban J connectivity index is 1.86. The normalized spacial score (nSPS) is 16.5. The smallest absolute Gasteiger partial charge is 0.410 e. The van der Waals surface area contributed by atoms with Crippen molar-refractivity contribution in [3.8, 4) is 0 Å². The van der Waals surface area contributed by atoms with Gasteiger partial charge in [-0.3, -0.25) is 0 Å². The summed E-state index contributed by atoms with van der Waals surface area (Å²) in [4.78, 5) is 13.7. The summed E-state index contributed by atoms with van der Waals surface area (Å²) in [6.07, 6.45) is 1.29. The second-order valence-electron chi connectivity index (χ2n) is 6.54. The van der Waals surface area contributed by atoms with Gasteiger partial charge in [0.25, 0.3) is 0 Å². The Labute approximate surface area is 135 Å². The van der Waals surface area contributed by atoms with Crippen molar-refractivity contribution in [2.24, 2.45) is 0 Å². The molecule has 4 nitrogen and oxygen atoms in total. The molecule has 0 unspecified atom stereocenters. The Morgan fingerprint density at radius 3 is 2.50 bits per heavy atom. The largest absolute Gasteiger partial charge is 0.444 e. The molecule has 1 aromatic carbocycles. The summed E-state index contributed by atoms with van der Waals surface area (Å²) in [6, 6.07) is 4.59. The number of hydrogen-bond acceptors (Lipinski definition) is 3. The number of amides is 1. The molecule has 22 heavy (non-hydrogen) atoms. The minimum Gasteiger partial charge on any atom is -0.444 e. The second-order valence-corrected chi connectivity index (χ2v) is 6.98. The highest BCUT2D eigenvalue weighted by atomic mass is 35.5. The first kappa shape index (κ1) is 16.9. The number of carbonyl (C=O) groups excluding carboxylic acids is 1. The van der Waals surface area contributed by atoms with E-state index in [1.54, 1.807) is 11.0 Å². The summed E-state index contributed by atoms with van der Waals surface area (Å²) >= 11 is 5.84. The maximum atomic E-state index is 13.3. The zero-order valence-electron chi connectivity index (χ0n) is 13.2. The molecule has 0 spiro atoms. The molecule has 0 radical (unpaired) electrons. The molecule has 1 heterocycles. The third-order valence-corrected chi connectivity index (χ3v) is 3.60. The molecule has 1 fully saturated rings. The van der Waals surface area contributed by atoms with Gasteiger partial charge in [0.15, 0.2) is 0 Å². The number of carbonyl (C=O) groups is 1. The van der Waals surface area contributed by atoms with Crippen molar-refractivity contribution in [2.75, 3.05) is 18.4 Å². The summed E-state index contributed by atoms with van der Waals surface area (Å²) < 4.78 is 18.7. The lowest BCUT2D eigenvalue weighted by Crippen LogP contribution is -2.44. The molecule has 0 aromatic heterocycles.